The molecular formula is C14H24BrN3. The molecule has 3 nitrogen and oxygen atoms in total. The molecule has 1 aromatic rings. The summed E-state index contributed by atoms with van der Waals surface area (Å²) in [5, 5.41) is 5.43. The SMILES string of the molecule is CCn1cc(CN(CCBr)C2CCCCC2)cn1. The van der Waals surface area contributed by atoms with Crippen LogP contribution in [-0.4, -0.2) is 32.6 Å². The number of nitrogens with zero attached hydrogens (tertiary/aromatic N) is 3. The van der Waals surface area contributed by atoms with E-state index in [0.717, 1.165) is 31.0 Å². The molecule has 1 saturated carbocycles. The van der Waals surface area contributed by atoms with Crippen LogP contribution in [0.4, 0.5) is 0 Å². The van der Waals surface area contributed by atoms with Gasteiger partial charge in [0.15, 0.2) is 0 Å². The van der Waals surface area contributed by atoms with E-state index in [4.69, 9.17) is 0 Å². The first-order valence-corrected chi connectivity index (χ1v) is 8.27. The molecule has 1 aliphatic carbocycles. The summed E-state index contributed by atoms with van der Waals surface area (Å²) < 4.78 is 2.02. The molecule has 1 aliphatic rings. The molecule has 0 atom stereocenters. The number of hydrogen-bond acceptors (Lipinski definition) is 2. The van der Waals surface area contributed by atoms with E-state index in [2.05, 4.69) is 39.0 Å². The highest BCUT2D eigenvalue weighted by Crippen LogP contribution is 2.24. The number of hydrogen-bond donors (Lipinski definition) is 0. The van der Waals surface area contributed by atoms with Crippen molar-refractivity contribution in [2.75, 3.05) is 11.9 Å². The highest BCUT2D eigenvalue weighted by Gasteiger charge is 2.20. The Morgan fingerprint density at radius 1 is 1.39 bits per heavy atom. The molecule has 0 bridgehead atoms. The lowest BCUT2D eigenvalue weighted by Gasteiger charge is -2.33. The fourth-order valence-electron chi connectivity index (χ4n) is 2.84. The smallest absolute Gasteiger partial charge is 0.0534 e. The van der Waals surface area contributed by atoms with Crippen LogP contribution in [0.3, 0.4) is 0 Å². The van der Waals surface area contributed by atoms with Gasteiger partial charge in [0.05, 0.1) is 6.20 Å². The average Bonchev–Trinajstić information content (AvgIpc) is 2.87. The molecule has 102 valence electrons. The molecular weight excluding hydrogens is 290 g/mol. The summed E-state index contributed by atoms with van der Waals surface area (Å²) in [4.78, 5) is 2.63. The summed E-state index contributed by atoms with van der Waals surface area (Å²) in [6, 6.07) is 0.779. The van der Waals surface area contributed by atoms with Gasteiger partial charge in [-0.15, -0.1) is 0 Å². The second kappa shape index (κ2) is 7.29. The van der Waals surface area contributed by atoms with Gasteiger partial charge in [-0.3, -0.25) is 9.58 Å². The van der Waals surface area contributed by atoms with Crippen LogP contribution in [0.5, 0.6) is 0 Å². The van der Waals surface area contributed by atoms with E-state index in [1.807, 2.05) is 10.9 Å². The molecule has 0 N–H and O–H groups in total. The fourth-order valence-corrected chi connectivity index (χ4v) is 3.30. The van der Waals surface area contributed by atoms with Crippen LogP contribution in [0.25, 0.3) is 0 Å². The predicted octanol–water partition coefficient (Wildman–Crippen LogP) is 3.43. The molecule has 0 unspecified atom stereocenters. The Bertz CT molecular complexity index is 345. The standard InChI is InChI=1S/C14H24BrN3/c1-2-18-12-13(10-16-18)11-17(9-8-15)14-6-4-3-5-7-14/h10,12,14H,2-9,11H2,1H3. The van der Waals surface area contributed by atoms with Crippen molar-refractivity contribution in [3.63, 3.8) is 0 Å². The summed E-state index contributed by atoms with van der Waals surface area (Å²) in [5.41, 5.74) is 1.35. The predicted molar refractivity (Wildman–Crippen MR) is 79.0 cm³/mol. The number of aromatic nitrogens is 2. The van der Waals surface area contributed by atoms with E-state index in [0.29, 0.717) is 0 Å². The minimum absolute atomic E-state index is 0.779. The van der Waals surface area contributed by atoms with E-state index in [9.17, 15) is 0 Å². The van der Waals surface area contributed by atoms with Gasteiger partial charge in [-0.2, -0.15) is 5.10 Å². The van der Waals surface area contributed by atoms with Crippen molar-refractivity contribution < 1.29 is 0 Å². The number of halogens is 1. The third kappa shape index (κ3) is 3.82. The minimum Gasteiger partial charge on any atom is -0.295 e. The van der Waals surface area contributed by atoms with Crippen LogP contribution in [0.1, 0.15) is 44.6 Å². The van der Waals surface area contributed by atoms with Crippen molar-refractivity contribution in [1.82, 2.24) is 14.7 Å². The van der Waals surface area contributed by atoms with Gasteiger partial charge in [-0.1, -0.05) is 35.2 Å². The van der Waals surface area contributed by atoms with Crippen molar-refractivity contribution in [2.24, 2.45) is 0 Å². The number of rotatable bonds is 6. The van der Waals surface area contributed by atoms with E-state index >= 15 is 0 Å². The summed E-state index contributed by atoms with van der Waals surface area (Å²) in [6.07, 6.45) is 11.2. The summed E-state index contributed by atoms with van der Waals surface area (Å²) in [5.74, 6) is 0. The molecule has 0 aliphatic heterocycles. The van der Waals surface area contributed by atoms with Crippen LogP contribution < -0.4 is 0 Å². The van der Waals surface area contributed by atoms with E-state index in [-0.39, 0.29) is 0 Å². The second-order valence-electron chi connectivity index (χ2n) is 5.16. The Hall–Kier alpha value is -0.350. The minimum atomic E-state index is 0.779. The van der Waals surface area contributed by atoms with E-state index in [1.54, 1.807) is 0 Å². The topological polar surface area (TPSA) is 21.1 Å². The zero-order chi connectivity index (χ0) is 12.8. The maximum Gasteiger partial charge on any atom is 0.0534 e. The summed E-state index contributed by atoms with van der Waals surface area (Å²) in [7, 11) is 0. The summed E-state index contributed by atoms with van der Waals surface area (Å²) in [6.45, 7) is 5.29. The van der Waals surface area contributed by atoms with Gasteiger partial charge >= 0.3 is 0 Å². The van der Waals surface area contributed by atoms with E-state index in [1.165, 1.54) is 37.7 Å². The fraction of sp³-hybridized carbons (Fsp3) is 0.786. The maximum atomic E-state index is 4.37. The molecule has 1 fully saturated rings. The third-order valence-corrected chi connectivity index (χ3v) is 4.21. The zero-order valence-corrected chi connectivity index (χ0v) is 12.9. The Balaban J connectivity index is 1.95. The first kappa shape index (κ1) is 14.1. The number of aryl methyl sites for hydroxylation is 1. The molecule has 18 heavy (non-hydrogen) atoms. The van der Waals surface area contributed by atoms with Crippen LogP contribution in [-0.2, 0) is 13.1 Å². The molecule has 0 spiro atoms. The lowest BCUT2D eigenvalue weighted by Crippen LogP contribution is -2.37. The van der Waals surface area contributed by atoms with Gasteiger partial charge in [0.2, 0.25) is 0 Å². The van der Waals surface area contributed by atoms with Gasteiger partial charge in [-0.05, 0) is 19.8 Å². The van der Waals surface area contributed by atoms with E-state index < -0.39 is 0 Å². The van der Waals surface area contributed by atoms with Crippen molar-refractivity contribution in [3.8, 4) is 0 Å². The molecule has 0 radical (unpaired) electrons. The lowest BCUT2D eigenvalue weighted by molar-refractivity contribution is 0.158. The average molecular weight is 314 g/mol. The monoisotopic (exact) mass is 313 g/mol. The molecule has 2 rings (SSSR count). The van der Waals surface area contributed by atoms with Gasteiger partial charge in [0.1, 0.15) is 0 Å². The molecule has 0 saturated heterocycles. The maximum absolute atomic E-state index is 4.37. The molecule has 4 heteroatoms. The zero-order valence-electron chi connectivity index (χ0n) is 11.3. The van der Waals surface area contributed by atoms with Crippen LogP contribution in [0.15, 0.2) is 12.4 Å². The Kier molecular flexibility index (Phi) is 5.70. The lowest BCUT2D eigenvalue weighted by atomic mass is 9.94. The van der Waals surface area contributed by atoms with Gasteiger partial charge in [0, 0.05) is 42.8 Å². The highest BCUT2D eigenvalue weighted by molar-refractivity contribution is 9.09. The largest absolute Gasteiger partial charge is 0.295 e. The Labute approximate surface area is 119 Å². The van der Waals surface area contributed by atoms with Crippen molar-refractivity contribution >= 4 is 15.9 Å². The molecule has 1 aromatic heterocycles. The van der Waals surface area contributed by atoms with Crippen LogP contribution in [0.2, 0.25) is 0 Å². The van der Waals surface area contributed by atoms with Crippen LogP contribution in [0, 0.1) is 0 Å². The quantitative estimate of drug-likeness (QED) is 0.750. The number of alkyl halides is 1. The van der Waals surface area contributed by atoms with Crippen LogP contribution >= 0.6 is 15.9 Å². The highest BCUT2D eigenvalue weighted by atomic mass is 79.9. The second-order valence-corrected chi connectivity index (χ2v) is 5.95. The van der Waals surface area contributed by atoms with Gasteiger partial charge in [-0.25, -0.2) is 0 Å². The first-order valence-electron chi connectivity index (χ1n) is 7.15. The molecule has 0 aromatic carbocycles. The van der Waals surface area contributed by atoms with Crippen molar-refractivity contribution in [3.05, 3.63) is 18.0 Å². The summed E-state index contributed by atoms with van der Waals surface area (Å²) >= 11 is 3.59. The molecule has 0 amide bonds. The Morgan fingerprint density at radius 3 is 2.78 bits per heavy atom. The van der Waals surface area contributed by atoms with Crippen molar-refractivity contribution in [1.29, 1.82) is 0 Å². The first-order chi connectivity index (χ1) is 8.83. The van der Waals surface area contributed by atoms with Gasteiger partial charge in [0.25, 0.3) is 0 Å². The third-order valence-electron chi connectivity index (χ3n) is 3.86. The normalized spacial score (nSPS) is 17.5. The van der Waals surface area contributed by atoms with Gasteiger partial charge < -0.3 is 0 Å². The molecule has 1 heterocycles. The van der Waals surface area contributed by atoms with Crippen molar-refractivity contribution in [2.45, 2.75) is 58.2 Å². The Morgan fingerprint density at radius 2 is 2.17 bits per heavy atom.